The number of ether oxygens (including phenoxy) is 1. The van der Waals surface area contributed by atoms with Crippen LogP contribution >= 0.6 is 22.9 Å². The highest BCUT2D eigenvalue weighted by Crippen LogP contribution is 2.30. The fraction of sp³-hybridized carbons (Fsp3) is 0.0588. The number of carbonyl (C=O) groups excluding carboxylic acids is 1. The molecule has 0 saturated carbocycles. The number of nitrogens with zero attached hydrogens (tertiary/aromatic N) is 1. The Morgan fingerprint density at radius 3 is 2.79 bits per heavy atom. The molecule has 0 bridgehead atoms. The van der Waals surface area contributed by atoms with Crippen LogP contribution in [0, 0.1) is 0 Å². The molecule has 1 aromatic heterocycles. The third-order valence-corrected chi connectivity index (χ3v) is 4.49. The lowest BCUT2D eigenvalue weighted by Gasteiger charge is -2.04. The Balaban J connectivity index is 1.86. The largest absolute Gasteiger partial charge is 0.497 e. The number of methoxy groups -OCH3 is 1. The first-order chi connectivity index (χ1) is 11.6. The molecule has 3 rings (SSSR count). The van der Waals surface area contributed by atoms with Gasteiger partial charge in [0.1, 0.15) is 16.4 Å². The van der Waals surface area contributed by atoms with Crippen molar-refractivity contribution in [3.8, 4) is 5.75 Å². The van der Waals surface area contributed by atoms with Crippen molar-refractivity contribution in [2.24, 2.45) is 0 Å². The van der Waals surface area contributed by atoms with Crippen LogP contribution in [-0.2, 0) is 0 Å². The summed E-state index contributed by atoms with van der Waals surface area (Å²) in [4.78, 5) is 17.2. The predicted molar refractivity (Wildman–Crippen MR) is 97.7 cm³/mol. The first-order valence-electron chi connectivity index (χ1n) is 7.04. The third kappa shape index (κ3) is 3.50. The van der Waals surface area contributed by atoms with Gasteiger partial charge in [-0.05, 0) is 24.3 Å². The first-order valence-corrected chi connectivity index (χ1v) is 8.24. The Morgan fingerprint density at radius 1 is 1.25 bits per heavy atom. The molecule has 0 radical (unpaired) electrons. The van der Waals surface area contributed by atoms with Gasteiger partial charge < -0.3 is 15.8 Å². The number of aromatic nitrogens is 1. The second-order valence-electron chi connectivity index (χ2n) is 4.93. The van der Waals surface area contributed by atoms with E-state index in [1.54, 1.807) is 31.4 Å². The maximum atomic E-state index is 12.6. The Labute approximate surface area is 148 Å². The molecule has 122 valence electrons. The number of hydrogen-bond donors (Lipinski definition) is 2. The van der Waals surface area contributed by atoms with Gasteiger partial charge in [0.2, 0.25) is 5.78 Å². The van der Waals surface area contributed by atoms with Crippen LogP contribution in [0.3, 0.4) is 0 Å². The predicted octanol–water partition coefficient (Wildman–Crippen LogP) is 4.36. The molecule has 0 atom stereocenters. The third-order valence-electron chi connectivity index (χ3n) is 3.27. The number of benzene rings is 2. The standard InChI is InChI=1S/C17H14ClN3O2S/c1-23-13-7-3-6-12(9-13)20-17-21-16(19)15(24-17)14(22)10-4-2-5-11(18)8-10/h2-9H,19H2,1H3,(H,20,21). The number of nitrogens with two attached hydrogens (primary N) is 1. The van der Waals surface area contributed by atoms with Crippen molar-refractivity contribution in [3.63, 3.8) is 0 Å². The molecular weight excluding hydrogens is 346 g/mol. The number of hydrogen-bond acceptors (Lipinski definition) is 6. The van der Waals surface area contributed by atoms with Gasteiger partial charge in [-0.15, -0.1) is 0 Å². The van der Waals surface area contributed by atoms with E-state index in [2.05, 4.69) is 10.3 Å². The van der Waals surface area contributed by atoms with Gasteiger partial charge in [0, 0.05) is 22.3 Å². The van der Waals surface area contributed by atoms with Crippen LogP contribution in [0.5, 0.6) is 5.75 Å². The van der Waals surface area contributed by atoms with Crippen molar-refractivity contribution in [2.75, 3.05) is 18.2 Å². The van der Waals surface area contributed by atoms with Crippen LogP contribution < -0.4 is 15.8 Å². The van der Waals surface area contributed by atoms with Gasteiger partial charge in [-0.2, -0.15) is 0 Å². The van der Waals surface area contributed by atoms with Crippen LogP contribution in [0.25, 0.3) is 0 Å². The van der Waals surface area contributed by atoms with E-state index in [0.29, 0.717) is 20.6 Å². The summed E-state index contributed by atoms with van der Waals surface area (Å²) < 4.78 is 5.18. The van der Waals surface area contributed by atoms with Crippen molar-refractivity contribution in [2.45, 2.75) is 0 Å². The molecule has 0 aliphatic rings. The van der Waals surface area contributed by atoms with E-state index < -0.39 is 0 Å². The number of thiazole rings is 1. The van der Waals surface area contributed by atoms with Gasteiger partial charge in [0.15, 0.2) is 5.13 Å². The van der Waals surface area contributed by atoms with E-state index >= 15 is 0 Å². The minimum Gasteiger partial charge on any atom is -0.497 e. The summed E-state index contributed by atoms with van der Waals surface area (Å²) in [5, 5.41) is 4.16. The van der Waals surface area contributed by atoms with Crippen molar-refractivity contribution in [1.82, 2.24) is 4.98 Å². The van der Waals surface area contributed by atoms with E-state index in [4.69, 9.17) is 22.1 Å². The van der Waals surface area contributed by atoms with Gasteiger partial charge in [0.25, 0.3) is 0 Å². The molecule has 2 aromatic carbocycles. The molecular formula is C17H14ClN3O2S. The molecule has 0 unspecified atom stereocenters. The fourth-order valence-electron chi connectivity index (χ4n) is 2.13. The Morgan fingerprint density at radius 2 is 2.04 bits per heavy atom. The molecule has 3 aromatic rings. The second kappa shape index (κ2) is 6.90. The summed E-state index contributed by atoms with van der Waals surface area (Å²) in [6.07, 6.45) is 0. The Kier molecular flexibility index (Phi) is 4.69. The Hall–Kier alpha value is -2.57. The number of anilines is 3. The van der Waals surface area contributed by atoms with Crippen molar-refractivity contribution >= 4 is 45.4 Å². The lowest BCUT2D eigenvalue weighted by Crippen LogP contribution is -2.02. The summed E-state index contributed by atoms with van der Waals surface area (Å²) in [5.41, 5.74) is 7.18. The molecule has 0 amide bonds. The van der Waals surface area contributed by atoms with Crippen molar-refractivity contribution < 1.29 is 9.53 Å². The Bertz CT molecular complexity index is 895. The zero-order chi connectivity index (χ0) is 17.1. The highest BCUT2D eigenvalue weighted by molar-refractivity contribution is 7.18. The zero-order valence-corrected chi connectivity index (χ0v) is 14.3. The number of carbonyl (C=O) groups is 1. The van der Waals surface area contributed by atoms with Gasteiger partial charge >= 0.3 is 0 Å². The monoisotopic (exact) mass is 359 g/mol. The molecule has 24 heavy (non-hydrogen) atoms. The molecule has 0 aliphatic heterocycles. The van der Waals surface area contributed by atoms with Crippen LogP contribution in [0.4, 0.5) is 16.6 Å². The molecule has 0 fully saturated rings. The summed E-state index contributed by atoms with van der Waals surface area (Å²) in [7, 11) is 1.60. The van der Waals surface area contributed by atoms with Crippen LogP contribution in [-0.4, -0.2) is 17.9 Å². The smallest absolute Gasteiger partial charge is 0.206 e. The number of halogens is 1. The van der Waals surface area contributed by atoms with E-state index in [0.717, 1.165) is 11.4 Å². The normalized spacial score (nSPS) is 10.4. The average Bonchev–Trinajstić information content (AvgIpc) is 2.94. The van der Waals surface area contributed by atoms with E-state index in [1.807, 2.05) is 24.3 Å². The van der Waals surface area contributed by atoms with Crippen LogP contribution in [0.2, 0.25) is 5.02 Å². The van der Waals surface area contributed by atoms with Gasteiger partial charge in [-0.3, -0.25) is 4.79 Å². The average molecular weight is 360 g/mol. The lowest BCUT2D eigenvalue weighted by molar-refractivity contribution is 0.104. The molecule has 7 heteroatoms. The maximum absolute atomic E-state index is 12.6. The SMILES string of the molecule is COc1cccc(Nc2nc(N)c(C(=O)c3cccc(Cl)c3)s2)c1. The topological polar surface area (TPSA) is 77.2 Å². The van der Waals surface area contributed by atoms with Crippen molar-refractivity contribution in [3.05, 3.63) is 64.0 Å². The number of ketones is 1. The van der Waals surface area contributed by atoms with Gasteiger partial charge in [0.05, 0.1) is 7.11 Å². The summed E-state index contributed by atoms with van der Waals surface area (Å²) in [6.45, 7) is 0. The highest BCUT2D eigenvalue weighted by atomic mass is 35.5. The quantitative estimate of drug-likeness (QED) is 0.662. The molecule has 0 saturated heterocycles. The van der Waals surface area contributed by atoms with Crippen LogP contribution in [0.1, 0.15) is 15.2 Å². The summed E-state index contributed by atoms with van der Waals surface area (Å²) in [6, 6.07) is 14.1. The number of nitrogens with one attached hydrogen (secondary N) is 1. The lowest BCUT2D eigenvalue weighted by atomic mass is 10.1. The molecule has 3 N–H and O–H groups in total. The zero-order valence-electron chi connectivity index (χ0n) is 12.7. The molecule has 0 aliphatic carbocycles. The van der Waals surface area contributed by atoms with Crippen LogP contribution in [0.15, 0.2) is 48.5 Å². The van der Waals surface area contributed by atoms with E-state index in [9.17, 15) is 4.79 Å². The van der Waals surface area contributed by atoms with Gasteiger partial charge in [-0.1, -0.05) is 41.1 Å². The molecule has 5 nitrogen and oxygen atoms in total. The minimum atomic E-state index is -0.203. The van der Waals surface area contributed by atoms with E-state index in [-0.39, 0.29) is 11.6 Å². The van der Waals surface area contributed by atoms with Crippen molar-refractivity contribution in [1.29, 1.82) is 0 Å². The highest BCUT2D eigenvalue weighted by Gasteiger charge is 2.18. The molecule has 1 heterocycles. The number of rotatable bonds is 5. The summed E-state index contributed by atoms with van der Waals surface area (Å²) >= 11 is 7.13. The number of nitrogen functional groups attached to an aromatic ring is 1. The minimum absolute atomic E-state index is 0.190. The molecule has 0 spiro atoms. The van der Waals surface area contributed by atoms with Gasteiger partial charge in [-0.25, -0.2) is 4.98 Å². The maximum Gasteiger partial charge on any atom is 0.206 e. The second-order valence-corrected chi connectivity index (χ2v) is 6.37. The first kappa shape index (κ1) is 16.3. The fourth-order valence-corrected chi connectivity index (χ4v) is 3.19. The van der Waals surface area contributed by atoms with E-state index in [1.165, 1.54) is 11.3 Å². The summed E-state index contributed by atoms with van der Waals surface area (Å²) in [5.74, 6) is 0.710.